The second kappa shape index (κ2) is 4.88. The Morgan fingerprint density at radius 1 is 1.53 bits per heavy atom. The van der Waals surface area contributed by atoms with Crippen molar-refractivity contribution in [2.24, 2.45) is 10.7 Å². The molecule has 0 amide bonds. The van der Waals surface area contributed by atoms with Gasteiger partial charge < -0.3 is 5.73 Å². The number of tetrazole rings is 1. The Kier molecular flexibility index (Phi) is 3.29. The second-order valence-electron chi connectivity index (χ2n) is 3.13. The fraction of sp³-hybridized carbons (Fsp3) is 0.111. The topological polar surface area (TPSA) is 82.0 Å². The molecule has 1 aromatic heterocycles. The molecule has 0 bridgehead atoms. The van der Waals surface area contributed by atoms with Crippen LogP contribution in [0.2, 0.25) is 0 Å². The molecule has 8 heteroatoms. The van der Waals surface area contributed by atoms with Gasteiger partial charge in [0.15, 0.2) is 0 Å². The van der Waals surface area contributed by atoms with Crippen molar-refractivity contribution in [3.63, 3.8) is 0 Å². The Morgan fingerprint density at radius 2 is 2.35 bits per heavy atom. The summed E-state index contributed by atoms with van der Waals surface area (Å²) >= 11 is 5.51. The molecule has 0 radical (unpaired) electrons. The maximum atomic E-state index is 13.5. The molecule has 2 N–H and O–H groups in total. The highest BCUT2D eigenvalue weighted by Crippen LogP contribution is 2.19. The first-order chi connectivity index (χ1) is 8.20. The van der Waals surface area contributed by atoms with Crippen LogP contribution in [0.25, 0.3) is 5.69 Å². The summed E-state index contributed by atoms with van der Waals surface area (Å²) in [6.07, 6.45) is 1.29. The maximum absolute atomic E-state index is 13.5. The number of hydrogen-bond donors (Lipinski definition) is 1. The van der Waals surface area contributed by atoms with E-state index in [4.69, 9.17) is 17.3 Å². The highest BCUT2D eigenvalue weighted by molar-refractivity contribution is 6.28. The smallest absolute Gasteiger partial charge is 0.149 e. The Labute approximate surface area is 101 Å². The summed E-state index contributed by atoms with van der Waals surface area (Å²) < 4.78 is 14.7. The van der Waals surface area contributed by atoms with Gasteiger partial charge in [0.25, 0.3) is 0 Å². The molecule has 1 aromatic carbocycles. The molecule has 88 valence electrons. The van der Waals surface area contributed by atoms with Crippen LogP contribution in [0.1, 0.15) is 0 Å². The lowest BCUT2D eigenvalue weighted by Crippen LogP contribution is -2.12. The Bertz CT molecular complexity index is 538. The van der Waals surface area contributed by atoms with Crippen molar-refractivity contribution in [3.8, 4) is 5.69 Å². The fourth-order valence-corrected chi connectivity index (χ4v) is 1.27. The van der Waals surface area contributed by atoms with Gasteiger partial charge in [0, 0.05) is 0 Å². The molecule has 6 nitrogen and oxygen atoms in total. The van der Waals surface area contributed by atoms with Crippen LogP contribution in [-0.2, 0) is 0 Å². The predicted molar refractivity (Wildman–Crippen MR) is 61.1 cm³/mol. The summed E-state index contributed by atoms with van der Waals surface area (Å²) in [6, 6.07) is 4.23. The number of halogens is 2. The number of aliphatic imine (C=N–C) groups is 1. The fourth-order valence-electron chi connectivity index (χ4n) is 1.21. The SMILES string of the molecule is NC(CCl)=Nc1ccc(F)c(-n2cnnn2)c1. The van der Waals surface area contributed by atoms with Crippen molar-refractivity contribution < 1.29 is 4.39 Å². The predicted octanol–water partition coefficient (Wildman–Crippen LogP) is 1.03. The third-order valence-electron chi connectivity index (χ3n) is 1.94. The quantitative estimate of drug-likeness (QED) is 0.504. The molecule has 0 saturated carbocycles. The van der Waals surface area contributed by atoms with Gasteiger partial charge in [-0.05, 0) is 28.6 Å². The zero-order chi connectivity index (χ0) is 12.3. The standard InChI is InChI=1S/C9H8ClFN6/c10-4-9(12)14-6-1-2-7(11)8(3-6)17-5-13-15-16-17/h1-3,5H,4H2,(H2,12,14). The Balaban J connectivity index is 2.44. The molecule has 0 aliphatic carbocycles. The normalized spacial score (nSPS) is 11.8. The van der Waals surface area contributed by atoms with Gasteiger partial charge in [0.05, 0.1) is 11.6 Å². The summed E-state index contributed by atoms with van der Waals surface area (Å²) in [6.45, 7) is 0. The number of nitrogens with zero attached hydrogens (tertiary/aromatic N) is 5. The van der Waals surface area contributed by atoms with E-state index in [1.165, 1.54) is 29.2 Å². The van der Waals surface area contributed by atoms with Gasteiger partial charge in [0.2, 0.25) is 0 Å². The average molecular weight is 255 g/mol. The van der Waals surface area contributed by atoms with Gasteiger partial charge in [0.1, 0.15) is 23.7 Å². The van der Waals surface area contributed by atoms with Crippen molar-refractivity contribution in [1.29, 1.82) is 0 Å². The summed E-state index contributed by atoms with van der Waals surface area (Å²) in [4.78, 5) is 4.00. The van der Waals surface area contributed by atoms with E-state index >= 15 is 0 Å². The molecule has 0 spiro atoms. The van der Waals surface area contributed by atoms with E-state index < -0.39 is 5.82 Å². The van der Waals surface area contributed by atoms with Crippen molar-refractivity contribution in [2.75, 3.05) is 5.88 Å². The zero-order valence-electron chi connectivity index (χ0n) is 8.59. The molecule has 0 aliphatic rings. The molecule has 1 heterocycles. The molecule has 2 aromatic rings. The first kappa shape index (κ1) is 11.5. The van der Waals surface area contributed by atoms with E-state index in [0.29, 0.717) is 5.69 Å². The van der Waals surface area contributed by atoms with Gasteiger partial charge in [-0.25, -0.2) is 9.38 Å². The maximum Gasteiger partial charge on any atom is 0.149 e. The zero-order valence-corrected chi connectivity index (χ0v) is 9.34. The van der Waals surface area contributed by atoms with Crippen LogP contribution in [0.3, 0.4) is 0 Å². The number of hydrogen-bond acceptors (Lipinski definition) is 4. The van der Waals surface area contributed by atoms with Crippen LogP contribution < -0.4 is 5.73 Å². The van der Waals surface area contributed by atoms with Gasteiger partial charge in [-0.3, -0.25) is 0 Å². The van der Waals surface area contributed by atoms with Crippen LogP contribution in [0.5, 0.6) is 0 Å². The van der Waals surface area contributed by atoms with Gasteiger partial charge in [-0.1, -0.05) is 0 Å². The van der Waals surface area contributed by atoms with E-state index in [0.717, 1.165) is 0 Å². The third-order valence-corrected chi connectivity index (χ3v) is 2.21. The molecule has 0 atom stereocenters. The minimum atomic E-state index is -0.458. The first-order valence-electron chi connectivity index (χ1n) is 4.62. The number of alkyl halides is 1. The first-order valence-corrected chi connectivity index (χ1v) is 5.16. The Morgan fingerprint density at radius 3 is 3.00 bits per heavy atom. The van der Waals surface area contributed by atoms with Crippen LogP contribution >= 0.6 is 11.6 Å². The van der Waals surface area contributed by atoms with E-state index in [-0.39, 0.29) is 17.4 Å². The van der Waals surface area contributed by atoms with Gasteiger partial charge in [-0.15, -0.1) is 16.7 Å². The molecule has 0 aliphatic heterocycles. The van der Waals surface area contributed by atoms with Crippen LogP contribution in [0.4, 0.5) is 10.1 Å². The lowest BCUT2D eigenvalue weighted by Gasteiger charge is -2.03. The number of benzene rings is 1. The molecule has 17 heavy (non-hydrogen) atoms. The molecule has 0 saturated heterocycles. The van der Waals surface area contributed by atoms with Crippen molar-refractivity contribution in [1.82, 2.24) is 20.2 Å². The summed E-state index contributed by atoms with van der Waals surface area (Å²) in [5, 5.41) is 10.5. The third kappa shape index (κ3) is 2.56. The van der Waals surface area contributed by atoms with Crippen LogP contribution in [0, 0.1) is 5.82 Å². The van der Waals surface area contributed by atoms with E-state index in [1.807, 2.05) is 0 Å². The lowest BCUT2D eigenvalue weighted by atomic mass is 10.2. The molecular formula is C9H8ClFN6. The molecule has 0 unspecified atom stereocenters. The lowest BCUT2D eigenvalue weighted by molar-refractivity contribution is 0.607. The Hall–Kier alpha value is -2.02. The largest absolute Gasteiger partial charge is 0.386 e. The molecule has 2 rings (SSSR count). The number of nitrogens with two attached hydrogens (primary N) is 1. The van der Waals surface area contributed by atoms with E-state index in [2.05, 4.69) is 20.5 Å². The molecular weight excluding hydrogens is 247 g/mol. The summed E-state index contributed by atoms with van der Waals surface area (Å²) in [7, 11) is 0. The van der Waals surface area contributed by atoms with Gasteiger partial charge >= 0.3 is 0 Å². The minimum Gasteiger partial charge on any atom is -0.386 e. The van der Waals surface area contributed by atoms with Crippen molar-refractivity contribution in [3.05, 3.63) is 30.3 Å². The summed E-state index contributed by atoms with van der Waals surface area (Å²) in [5.41, 5.74) is 6.16. The average Bonchev–Trinajstić information content (AvgIpc) is 2.85. The van der Waals surface area contributed by atoms with Crippen LogP contribution in [-0.4, -0.2) is 31.9 Å². The van der Waals surface area contributed by atoms with Crippen LogP contribution in [0.15, 0.2) is 29.5 Å². The van der Waals surface area contributed by atoms with Crippen molar-refractivity contribution in [2.45, 2.75) is 0 Å². The highest BCUT2D eigenvalue weighted by atomic mass is 35.5. The highest BCUT2D eigenvalue weighted by Gasteiger charge is 2.07. The minimum absolute atomic E-state index is 0.109. The van der Waals surface area contributed by atoms with Gasteiger partial charge in [-0.2, -0.15) is 4.68 Å². The molecule has 0 fully saturated rings. The number of rotatable bonds is 3. The number of aromatic nitrogens is 4. The van der Waals surface area contributed by atoms with Crippen molar-refractivity contribution >= 4 is 23.1 Å². The number of amidine groups is 1. The van der Waals surface area contributed by atoms with E-state index in [9.17, 15) is 4.39 Å². The monoisotopic (exact) mass is 254 g/mol. The second-order valence-corrected chi connectivity index (χ2v) is 3.39. The van der Waals surface area contributed by atoms with E-state index in [1.54, 1.807) is 0 Å². The summed E-state index contributed by atoms with van der Waals surface area (Å²) in [5.74, 6) is -0.0981.